The number of phenolic OH excluding ortho intramolecular Hbond substituents is 1. The van der Waals surface area contributed by atoms with Crippen LogP contribution in [0.1, 0.15) is 64.9 Å². The van der Waals surface area contributed by atoms with E-state index in [9.17, 15) is 24.6 Å². The molecule has 176 valence electrons. The molecule has 0 radical (unpaired) electrons. The Morgan fingerprint density at radius 2 is 1.36 bits per heavy atom. The lowest BCUT2D eigenvalue weighted by Crippen LogP contribution is -2.45. The molecule has 3 aliphatic rings. The number of carboxylic acid groups (broad SMARTS) is 1. The molecule has 6 nitrogen and oxygen atoms in total. The summed E-state index contributed by atoms with van der Waals surface area (Å²) in [5, 5.41) is 19.8. The monoisotopic (exact) mass is 491 g/mol. The number of benzene rings is 1. The van der Waals surface area contributed by atoms with Crippen LogP contribution in [-0.2, 0) is 14.4 Å². The van der Waals surface area contributed by atoms with Crippen molar-refractivity contribution in [3.63, 3.8) is 0 Å². The second kappa shape index (κ2) is 7.88. The van der Waals surface area contributed by atoms with Crippen LogP contribution in [0.3, 0.4) is 0 Å². The summed E-state index contributed by atoms with van der Waals surface area (Å²) in [5.41, 5.74) is 1.99. The van der Waals surface area contributed by atoms with Crippen LogP contribution in [0.4, 0.5) is 0 Å². The maximum absolute atomic E-state index is 13.5. The summed E-state index contributed by atoms with van der Waals surface area (Å²) in [6, 6.07) is 3.07. The van der Waals surface area contributed by atoms with Gasteiger partial charge < -0.3 is 15.1 Å². The number of aromatic hydroxyl groups is 1. The van der Waals surface area contributed by atoms with E-state index in [1.54, 1.807) is 4.90 Å². The third-order valence-corrected chi connectivity index (χ3v) is 7.26. The van der Waals surface area contributed by atoms with Crippen LogP contribution in [0, 0.1) is 10.8 Å². The lowest BCUT2D eigenvalue weighted by atomic mass is 9.63. The first-order valence-corrected chi connectivity index (χ1v) is 11.7. The third-order valence-electron chi connectivity index (χ3n) is 6.69. The molecule has 0 atom stereocenters. The van der Waals surface area contributed by atoms with E-state index in [0.29, 0.717) is 40.9 Å². The predicted molar refractivity (Wildman–Crippen MR) is 125 cm³/mol. The SMILES string of the molecule is CC1(C)CC(=O)C2=C(C1)N(CC(=O)O)C1=C(C(=O)CC(C)(C)C1)C2c1cc(Cl)c(O)c(Cl)c1. The summed E-state index contributed by atoms with van der Waals surface area (Å²) in [6.45, 7) is 7.61. The number of hydrogen-bond donors (Lipinski definition) is 2. The number of halogens is 2. The molecular formula is C25H27Cl2NO5. The van der Waals surface area contributed by atoms with Crippen molar-refractivity contribution in [1.29, 1.82) is 0 Å². The first kappa shape index (κ1) is 23.8. The highest BCUT2D eigenvalue weighted by Crippen LogP contribution is 2.55. The van der Waals surface area contributed by atoms with Crippen LogP contribution in [0.5, 0.6) is 5.75 Å². The van der Waals surface area contributed by atoms with Gasteiger partial charge in [-0.1, -0.05) is 50.9 Å². The predicted octanol–water partition coefficient (Wildman–Crippen LogP) is 5.47. The van der Waals surface area contributed by atoms with E-state index in [-0.39, 0.29) is 57.6 Å². The topological polar surface area (TPSA) is 94.9 Å². The van der Waals surface area contributed by atoms with Gasteiger partial charge in [0.2, 0.25) is 0 Å². The van der Waals surface area contributed by atoms with Gasteiger partial charge in [-0.2, -0.15) is 0 Å². The molecule has 0 amide bonds. The average Bonchev–Trinajstić information content (AvgIpc) is 2.64. The van der Waals surface area contributed by atoms with E-state index in [1.165, 1.54) is 12.1 Å². The van der Waals surface area contributed by atoms with Gasteiger partial charge in [0.1, 0.15) is 6.54 Å². The van der Waals surface area contributed by atoms with Gasteiger partial charge in [-0.15, -0.1) is 0 Å². The number of aliphatic carboxylic acids is 1. The van der Waals surface area contributed by atoms with Crippen LogP contribution in [0.2, 0.25) is 10.0 Å². The molecule has 0 aromatic heterocycles. The molecular weight excluding hydrogens is 465 g/mol. The number of allylic oxidation sites excluding steroid dienone is 4. The smallest absolute Gasteiger partial charge is 0.323 e. The quantitative estimate of drug-likeness (QED) is 0.581. The first-order valence-electron chi connectivity index (χ1n) is 10.9. The molecule has 1 aromatic rings. The van der Waals surface area contributed by atoms with Crippen LogP contribution >= 0.6 is 23.2 Å². The number of Topliss-reactive ketones (excluding diaryl/α,β-unsaturated/α-hetero) is 2. The van der Waals surface area contributed by atoms with Crippen molar-refractivity contribution in [2.45, 2.75) is 59.3 Å². The highest BCUT2D eigenvalue weighted by Gasteiger charge is 2.49. The van der Waals surface area contributed by atoms with Crippen LogP contribution in [0.25, 0.3) is 0 Å². The van der Waals surface area contributed by atoms with Gasteiger partial charge in [0.25, 0.3) is 0 Å². The summed E-state index contributed by atoms with van der Waals surface area (Å²) in [5.74, 6) is -2.24. The Labute approximate surface area is 202 Å². The minimum atomic E-state index is -1.03. The minimum absolute atomic E-state index is 0.0296. The average molecular weight is 492 g/mol. The second-order valence-electron chi connectivity index (χ2n) is 10.8. The van der Waals surface area contributed by atoms with Crippen molar-refractivity contribution in [1.82, 2.24) is 4.90 Å². The fraction of sp³-hybridized carbons (Fsp3) is 0.480. The highest BCUT2D eigenvalue weighted by atomic mass is 35.5. The minimum Gasteiger partial charge on any atom is -0.505 e. The summed E-state index contributed by atoms with van der Waals surface area (Å²) < 4.78 is 0. The molecule has 1 aromatic carbocycles. The van der Waals surface area contributed by atoms with E-state index in [2.05, 4.69) is 0 Å². The lowest BCUT2D eigenvalue weighted by molar-refractivity contribution is -0.138. The van der Waals surface area contributed by atoms with Gasteiger partial charge >= 0.3 is 5.97 Å². The fourth-order valence-electron chi connectivity index (χ4n) is 5.46. The molecule has 0 fully saturated rings. The maximum atomic E-state index is 13.5. The normalized spacial score (nSPS) is 22.4. The zero-order valence-corrected chi connectivity index (χ0v) is 20.6. The van der Waals surface area contributed by atoms with Crippen LogP contribution in [-0.4, -0.2) is 39.2 Å². The Kier molecular flexibility index (Phi) is 5.69. The largest absolute Gasteiger partial charge is 0.505 e. The summed E-state index contributed by atoms with van der Waals surface area (Å²) >= 11 is 12.4. The Morgan fingerprint density at radius 1 is 0.939 bits per heavy atom. The number of rotatable bonds is 3. The Balaban J connectivity index is 2.04. The number of nitrogens with zero attached hydrogens (tertiary/aromatic N) is 1. The van der Waals surface area contributed by atoms with Crippen molar-refractivity contribution in [3.8, 4) is 5.75 Å². The van der Waals surface area contributed by atoms with Crippen molar-refractivity contribution in [2.75, 3.05) is 6.54 Å². The van der Waals surface area contributed by atoms with Crippen molar-refractivity contribution in [3.05, 3.63) is 50.3 Å². The summed E-state index contributed by atoms with van der Waals surface area (Å²) in [4.78, 5) is 40.6. The first-order chi connectivity index (χ1) is 15.2. The molecule has 2 aliphatic carbocycles. The van der Waals surface area contributed by atoms with E-state index in [0.717, 1.165) is 0 Å². The number of ketones is 2. The molecule has 0 saturated carbocycles. The van der Waals surface area contributed by atoms with E-state index >= 15 is 0 Å². The van der Waals surface area contributed by atoms with Crippen molar-refractivity contribution in [2.24, 2.45) is 10.8 Å². The fourth-order valence-corrected chi connectivity index (χ4v) is 5.96. The molecule has 33 heavy (non-hydrogen) atoms. The van der Waals surface area contributed by atoms with E-state index in [1.807, 2.05) is 27.7 Å². The Bertz CT molecular complexity index is 1080. The number of carboxylic acids is 1. The standard InChI is InChI=1S/C25H27Cl2NO5/c1-24(2)7-15-21(17(29)9-24)20(12-5-13(26)23(33)14(27)6-12)22-16(28(15)11-19(31)32)8-25(3,4)10-18(22)30/h5-6,20,33H,7-11H2,1-4H3,(H,31,32). The number of carbonyl (C=O) groups excluding carboxylic acids is 2. The zero-order valence-electron chi connectivity index (χ0n) is 19.1. The third kappa shape index (κ3) is 4.19. The molecule has 1 aliphatic heterocycles. The van der Waals surface area contributed by atoms with Gasteiger partial charge in [0, 0.05) is 41.3 Å². The Hall–Kier alpha value is -2.31. The molecule has 2 N–H and O–H groups in total. The zero-order chi connectivity index (χ0) is 24.5. The van der Waals surface area contributed by atoms with E-state index < -0.39 is 11.9 Å². The summed E-state index contributed by atoms with van der Waals surface area (Å²) in [6.07, 6.45) is 1.57. The molecule has 4 rings (SSSR count). The van der Waals surface area contributed by atoms with Crippen molar-refractivity contribution < 1.29 is 24.6 Å². The highest BCUT2D eigenvalue weighted by molar-refractivity contribution is 6.37. The van der Waals surface area contributed by atoms with Gasteiger partial charge in [-0.05, 0) is 41.4 Å². The number of carbonyl (C=O) groups is 3. The molecule has 0 saturated heterocycles. The number of hydrogen-bond acceptors (Lipinski definition) is 5. The Morgan fingerprint density at radius 3 is 1.76 bits per heavy atom. The van der Waals surface area contributed by atoms with Gasteiger partial charge in [0.05, 0.1) is 10.0 Å². The molecule has 0 bridgehead atoms. The van der Waals surface area contributed by atoms with Crippen molar-refractivity contribution >= 4 is 40.7 Å². The van der Waals surface area contributed by atoms with Crippen LogP contribution in [0.15, 0.2) is 34.7 Å². The van der Waals surface area contributed by atoms with Gasteiger partial charge in [0.15, 0.2) is 17.3 Å². The van der Waals surface area contributed by atoms with E-state index in [4.69, 9.17) is 23.2 Å². The maximum Gasteiger partial charge on any atom is 0.323 e. The summed E-state index contributed by atoms with van der Waals surface area (Å²) in [7, 11) is 0. The molecule has 0 unspecified atom stereocenters. The van der Waals surface area contributed by atoms with Crippen LogP contribution < -0.4 is 0 Å². The lowest BCUT2D eigenvalue weighted by Gasteiger charge is -2.48. The van der Waals surface area contributed by atoms with Gasteiger partial charge in [-0.3, -0.25) is 14.4 Å². The number of phenols is 1. The second-order valence-corrected chi connectivity index (χ2v) is 11.7. The molecule has 0 spiro atoms. The van der Waals surface area contributed by atoms with Gasteiger partial charge in [-0.25, -0.2) is 0 Å². The molecule has 1 heterocycles. The molecule has 8 heteroatoms.